The van der Waals surface area contributed by atoms with Crippen molar-refractivity contribution in [1.82, 2.24) is 0 Å². The Bertz CT molecular complexity index is 352. The first-order valence-corrected chi connectivity index (χ1v) is 8.01. The summed E-state index contributed by atoms with van der Waals surface area (Å²) in [6, 6.07) is 7.97. The zero-order valence-corrected chi connectivity index (χ0v) is 13.6. The largest absolute Gasteiger partial charge is 0.328 e. The molecule has 1 N–H and O–H groups in total. The van der Waals surface area contributed by atoms with Crippen molar-refractivity contribution < 1.29 is 4.79 Å². The van der Waals surface area contributed by atoms with Crippen LogP contribution in [0.1, 0.15) is 47.5 Å². The fourth-order valence-electron chi connectivity index (χ4n) is 1.76. The van der Waals surface area contributed by atoms with E-state index in [4.69, 9.17) is 0 Å². The summed E-state index contributed by atoms with van der Waals surface area (Å²) in [7, 11) is 0. The molecule has 0 spiro atoms. The molecule has 0 aromatic heterocycles. The fourth-order valence-corrected chi connectivity index (χ4v) is 3.17. The molecule has 0 saturated heterocycles. The lowest BCUT2D eigenvalue weighted by Crippen LogP contribution is -2.06. The van der Waals surface area contributed by atoms with Gasteiger partial charge >= 0.3 is 0 Å². The standard InChI is InChI=1S/C14H21NOS.C2H6/c1-4-12(9-11(2)3)17-14-8-6-5-7-13(14)15-10-16;1-2/h5-8,10-12H,4,9H2,1-3H3,(H,15,16);1-2H3. The van der Waals surface area contributed by atoms with Gasteiger partial charge in [-0.15, -0.1) is 11.8 Å². The van der Waals surface area contributed by atoms with Crippen molar-refractivity contribution >= 4 is 23.9 Å². The number of hydrogen-bond donors (Lipinski definition) is 1. The van der Waals surface area contributed by atoms with E-state index in [0.717, 1.165) is 23.4 Å². The third-order valence-electron chi connectivity index (χ3n) is 2.58. The second-order valence-electron chi connectivity index (χ2n) is 4.54. The Morgan fingerprint density at radius 3 is 2.42 bits per heavy atom. The zero-order chi connectivity index (χ0) is 14.7. The highest BCUT2D eigenvalue weighted by Gasteiger charge is 2.12. The van der Waals surface area contributed by atoms with Gasteiger partial charge in [-0.1, -0.05) is 46.8 Å². The molecule has 2 nitrogen and oxygen atoms in total. The average Bonchev–Trinajstić information content (AvgIpc) is 2.42. The quantitative estimate of drug-likeness (QED) is 0.550. The Labute approximate surface area is 122 Å². The molecular formula is C16H27NOS. The van der Waals surface area contributed by atoms with Crippen LogP contribution >= 0.6 is 11.8 Å². The summed E-state index contributed by atoms with van der Waals surface area (Å²) < 4.78 is 0. The predicted molar refractivity (Wildman–Crippen MR) is 86.9 cm³/mol. The Hall–Kier alpha value is -0.960. The van der Waals surface area contributed by atoms with Crippen LogP contribution in [0.5, 0.6) is 0 Å². The topological polar surface area (TPSA) is 29.1 Å². The van der Waals surface area contributed by atoms with Crippen LogP contribution in [0, 0.1) is 5.92 Å². The summed E-state index contributed by atoms with van der Waals surface area (Å²) in [5.74, 6) is 0.707. The van der Waals surface area contributed by atoms with E-state index in [1.54, 1.807) is 0 Å². The summed E-state index contributed by atoms with van der Waals surface area (Å²) in [5.41, 5.74) is 0.912. The first-order valence-electron chi connectivity index (χ1n) is 7.13. The second kappa shape index (κ2) is 10.9. The molecule has 0 aliphatic carbocycles. The smallest absolute Gasteiger partial charge is 0.211 e. The number of anilines is 1. The number of carbonyl (C=O) groups is 1. The lowest BCUT2D eigenvalue weighted by atomic mass is 10.1. The van der Waals surface area contributed by atoms with Crippen LogP contribution in [0.15, 0.2) is 29.2 Å². The molecule has 1 atom stereocenters. The van der Waals surface area contributed by atoms with E-state index in [1.807, 2.05) is 43.8 Å². The highest BCUT2D eigenvalue weighted by atomic mass is 32.2. The van der Waals surface area contributed by atoms with E-state index in [1.165, 1.54) is 6.42 Å². The number of rotatable bonds is 7. The summed E-state index contributed by atoms with van der Waals surface area (Å²) in [5, 5.41) is 3.37. The Balaban J connectivity index is 0.00000154. The molecule has 1 aromatic carbocycles. The van der Waals surface area contributed by atoms with Gasteiger partial charge < -0.3 is 5.32 Å². The Morgan fingerprint density at radius 2 is 1.89 bits per heavy atom. The Morgan fingerprint density at radius 1 is 1.26 bits per heavy atom. The molecule has 108 valence electrons. The van der Waals surface area contributed by atoms with Crippen molar-refractivity contribution in [3.05, 3.63) is 24.3 Å². The van der Waals surface area contributed by atoms with Gasteiger partial charge in [-0.25, -0.2) is 0 Å². The lowest BCUT2D eigenvalue weighted by Gasteiger charge is -2.18. The predicted octanol–water partition coefficient (Wildman–Crippen LogP) is 5.20. The van der Waals surface area contributed by atoms with Crippen molar-refractivity contribution in [1.29, 1.82) is 0 Å². The third-order valence-corrected chi connectivity index (χ3v) is 4.05. The maximum absolute atomic E-state index is 10.5. The van der Waals surface area contributed by atoms with E-state index < -0.39 is 0 Å². The summed E-state index contributed by atoms with van der Waals surface area (Å²) >= 11 is 1.86. The highest BCUT2D eigenvalue weighted by Crippen LogP contribution is 2.34. The average molecular weight is 281 g/mol. The molecule has 3 heteroatoms. The SMILES string of the molecule is CC.CCC(CC(C)C)Sc1ccccc1NC=O. The van der Waals surface area contributed by atoms with Gasteiger partial charge in [-0.3, -0.25) is 4.79 Å². The molecule has 0 aliphatic heterocycles. The maximum atomic E-state index is 10.5. The summed E-state index contributed by atoms with van der Waals surface area (Å²) in [4.78, 5) is 11.7. The van der Waals surface area contributed by atoms with Crippen LogP contribution in [0.2, 0.25) is 0 Å². The van der Waals surface area contributed by atoms with Crippen LogP contribution in [0.3, 0.4) is 0 Å². The van der Waals surface area contributed by atoms with Crippen molar-refractivity contribution in [2.75, 3.05) is 5.32 Å². The fraction of sp³-hybridized carbons (Fsp3) is 0.562. The highest BCUT2D eigenvalue weighted by molar-refractivity contribution is 8.00. The van der Waals surface area contributed by atoms with Crippen molar-refractivity contribution in [3.8, 4) is 0 Å². The van der Waals surface area contributed by atoms with Gasteiger partial charge in [0.25, 0.3) is 0 Å². The van der Waals surface area contributed by atoms with Gasteiger partial charge in [0, 0.05) is 10.1 Å². The minimum atomic E-state index is 0.615. The first kappa shape index (κ1) is 18.0. The van der Waals surface area contributed by atoms with Crippen LogP contribution in [0.4, 0.5) is 5.69 Å². The number of hydrogen-bond acceptors (Lipinski definition) is 2. The molecule has 1 unspecified atom stereocenters. The van der Waals surface area contributed by atoms with Crippen LogP contribution in [-0.2, 0) is 4.79 Å². The van der Waals surface area contributed by atoms with Crippen molar-refractivity contribution in [2.24, 2.45) is 5.92 Å². The van der Waals surface area contributed by atoms with Crippen LogP contribution in [-0.4, -0.2) is 11.7 Å². The van der Waals surface area contributed by atoms with Crippen molar-refractivity contribution in [3.63, 3.8) is 0 Å². The second-order valence-corrected chi connectivity index (χ2v) is 5.88. The van der Waals surface area contributed by atoms with Gasteiger partial charge in [0.1, 0.15) is 0 Å². The number of benzene rings is 1. The number of amides is 1. The third kappa shape index (κ3) is 7.26. The van der Waals surface area contributed by atoms with Crippen molar-refractivity contribution in [2.45, 2.75) is 57.6 Å². The molecule has 0 aliphatic rings. The minimum absolute atomic E-state index is 0.615. The van der Waals surface area contributed by atoms with E-state index in [0.29, 0.717) is 11.2 Å². The molecule has 0 fully saturated rings. The lowest BCUT2D eigenvalue weighted by molar-refractivity contribution is -0.105. The molecule has 19 heavy (non-hydrogen) atoms. The van der Waals surface area contributed by atoms with Gasteiger partial charge in [0.2, 0.25) is 6.41 Å². The summed E-state index contributed by atoms with van der Waals surface area (Å²) in [6.07, 6.45) is 3.09. The van der Waals surface area contributed by atoms with E-state index in [2.05, 4.69) is 32.2 Å². The first-order chi connectivity index (χ1) is 9.17. The number of carbonyl (C=O) groups excluding carboxylic acids is 1. The molecule has 0 heterocycles. The molecule has 0 radical (unpaired) electrons. The monoisotopic (exact) mass is 281 g/mol. The number of nitrogens with one attached hydrogen (secondary N) is 1. The molecule has 1 aromatic rings. The molecular weight excluding hydrogens is 254 g/mol. The molecule has 0 saturated carbocycles. The van der Waals surface area contributed by atoms with Gasteiger partial charge in [0.15, 0.2) is 0 Å². The van der Waals surface area contributed by atoms with Gasteiger partial charge in [0.05, 0.1) is 5.69 Å². The normalized spacial score (nSPS) is 11.5. The summed E-state index contributed by atoms with van der Waals surface area (Å²) in [6.45, 7) is 10.7. The van der Waals surface area contributed by atoms with E-state index >= 15 is 0 Å². The molecule has 1 amide bonds. The zero-order valence-electron chi connectivity index (χ0n) is 12.8. The number of thioether (sulfide) groups is 1. The maximum Gasteiger partial charge on any atom is 0.211 e. The van der Waals surface area contributed by atoms with E-state index in [9.17, 15) is 4.79 Å². The van der Waals surface area contributed by atoms with Crippen LogP contribution in [0.25, 0.3) is 0 Å². The minimum Gasteiger partial charge on any atom is -0.328 e. The van der Waals surface area contributed by atoms with Crippen LogP contribution < -0.4 is 5.32 Å². The van der Waals surface area contributed by atoms with E-state index in [-0.39, 0.29) is 0 Å². The Kier molecular flexibility index (Phi) is 10.4. The molecule has 1 rings (SSSR count). The number of para-hydroxylation sites is 1. The molecule has 0 bridgehead atoms. The van der Waals surface area contributed by atoms with Gasteiger partial charge in [-0.2, -0.15) is 0 Å². The van der Waals surface area contributed by atoms with Gasteiger partial charge in [-0.05, 0) is 30.9 Å².